The second kappa shape index (κ2) is 5.89. The fourth-order valence-electron chi connectivity index (χ4n) is 3.66. The van der Waals surface area contributed by atoms with Gasteiger partial charge in [0.1, 0.15) is 0 Å². The lowest BCUT2D eigenvalue weighted by Gasteiger charge is -2.25. The molecule has 0 radical (unpaired) electrons. The summed E-state index contributed by atoms with van der Waals surface area (Å²) in [5, 5.41) is 0. The van der Waals surface area contributed by atoms with Gasteiger partial charge >= 0.3 is 0 Å². The first-order chi connectivity index (χ1) is 7.42. The fourth-order valence-corrected chi connectivity index (χ4v) is 3.66. The summed E-state index contributed by atoms with van der Waals surface area (Å²) in [6.45, 7) is 4.21. The normalized spacial score (nSPS) is 32.6. The van der Waals surface area contributed by atoms with Crippen LogP contribution in [0.3, 0.4) is 0 Å². The molecule has 0 amide bonds. The zero-order valence-corrected chi connectivity index (χ0v) is 10.2. The second-order valence-electron chi connectivity index (χ2n) is 5.47. The van der Waals surface area contributed by atoms with Crippen molar-refractivity contribution >= 4 is 0 Å². The lowest BCUT2D eigenvalue weighted by Crippen LogP contribution is -2.21. The van der Waals surface area contributed by atoms with Crippen LogP contribution < -0.4 is 0 Å². The molecule has 2 saturated carbocycles. The Balaban J connectivity index is 1.76. The molecule has 88 valence electrons. The molecule has 0 spiro atoms. The molecule has 0 saturated heterocycles. The maximum Gasteiger partial charge on any atom is 0.0497 e. The van der Waals surface area contributed by atoms with Crippen LogP contribution in [0.4, 0.5) is 0 Å². The molecule has 0 N–H and O–H groups in total. The Bertz CT molecular complexity index is 172. The van der Waals surface area contributed by atoms with Gasteiger partial charge < -0.3 is 4.74 Å². The van der Waals surface area contributed by atoms with E-state index in [1.807, 2.05) is 0 Å². The minimum Gasteiger partial charge on any atom is -0.381 e. The zero-order valence-electron chi connectivity index (χ0n) is 10.2. The summed E-state index contributed by atoms with van der Waals surface area (Å²) in [5.41, 5.74) is 0. The van der Waals surface area contributed by atoms with Crippen LogP contribution in [0.1, 0.15) is 58.3 Å². The Labute approximate surface area is 94.6 Å². The molecule has 0 aromatic heterocycles. The third kappa shape index (κ3) is 2.96. The predicted molar refractivity (Wildman–Crippen MR) is 63.9 cm³/mol. The predicted octanol–water partition coefficient (Wildman–Crippen LogP) is 4.02. The monoisotopic (exact) mass is 210 g/mol. The van der Waals surface area contributed by atoms with Gasteiger partial charge in [0, 0.05) is 13.2 Å². The highest BCUT2D eigenvalue weighted by Crippen LogP contribution is 2.43. The Hall–Kier alpha value is -0.0400. The van der Waals surface area contributed by atoms with Crippen molar-refractivity contribution in [3.8, 4) is 0 Å². The van der Waals surface area contributed by atoms with E-state index >= 15 is 0 Å². The van der Waals surface area contributed by atoms with Gasteiger partial charge in [-0.05, 0) is 37.0 Å². The molecule has 2 rings (SSSR count). The molecule has 0 bridgehead atoms. The molecule has 2 unspecified atom stereocenters. The van der Waals surface area contributed by atoms with Crippen LogP contribution in [0.5, 0.6) is 0 Å². The number of rotatable bonds is 5. The molecular weight excluding hydrogens is 184 g/mol. The first-order valence-electron chi connectivity index (χ1n) is 6.99. The van der Waals surface area contributed by atoms with Crippen molar-refractivity contribution in [2.24, 2.45) is 17.8 Å². The topological polar surface area (TPSA) is 9.23 Å². The van der Waals surface area contributed by atoms with E-state index in [1.54, 1.807) is 0 Å². The third-order valence-electron chi connectivity index (χ3n) is 4.40. The van der Waals surface area contributed by atoms with Crippen LogP contribution in [0.15, 0.2) is 0 Å². The summed E-state index contributed by atoms with van der Waals surface area (Å²) in [5.74, 6) is 2.98. The van der Waals surface area contributed by atoms with Crippen molar-refractivity contribution in [3.05, 3.63) is 0 Å². The lowest BCUT2D eigenvalue weighted by atomic mass is 9.83. The summed E-state index contributed by atoms with van der Waals surface area (Å²) < 4.78 is 5.76. The molecule has 0 aromatic rings. The summed E-state index contributed by atoms with van der Waals surface area (Å²) in [6, 6.07) is 0. The van der Waals surface area contributed by atoms with Crippen molar-refractivity contribution in [3.63, 3.8) is 0 Å². The maximum absolute atomic E-state index is 5.76. The second-order valence-corrected chi connectivity index (χ2v) is 5.47. The quantitative estimate of drug-likeness (QED) is 0.623. The molecule has 1 heteroatoms. The van der Waals surface area contributed by atoms with E-state index in [9.17, 15) is 0 Å². The molecule has 0 aromatic carbocycles. The number of ether oxygens (including phenoxy) is 1. The summed E-state index contributed by atoms with van der Waals surface area (Å²) >= 11 is 0. The van der Waals surface area contributed by atoms with Crippen LogP contribution in [0.2, 0.25) is 0 Å². The van der Waals surface area contributed by atoms with Crippen LogP contribution >= 0.6 is 0 Å². The van der Waals surface area contributed by atoms with Gasteiger partial charge in [0.15, 0.2) is 0 Å². The van der Waals surface area contributed by atoms with E-state index in [0.717, 1.165) is 31.0 Å². The third-order valence-corrected chi connectivity index (χ3v) is 4.40. The van der Waals surface area contributed by atoms with Crippen molar-refractivity contribution in [2.45, 2.75) is 58.3 Å². The van der Waals surface area contributed by atoms with Crippen LogP contribution in [-0.4, -0.2) is 13.2 Å². The minimum absolute atomic E-state index is 0.902. The molecular formula is C14H26O. The first kappa shape index (κ1) is 11.4. The van der Waals surface area contributed by atoms with Gasteiger partial charge in [-0.2, -0.15) is 0 Å². The Morgan fingerprint density at radius 3 is 2.53 bits per heavy atom. The molecule has 2 fully saturated rings. The largest absolute Gasteiger partial charge is 0.381 e. The van der Waals surface area contributed by atoms with Gasteiger partial charge in [-0.15, -0.1) is 0 Å². The Kier molecular flexibility index (Phi) is 4.49. The zero-order chi connectivity index (χ0) is 10.5. The van der Waals surface area contributed by atoms with E-state index in [0.29, 0.717) is 0 Å². The first-order valence-corrected chi connectivity index (χ1v) is 6.99. The van der Waals surface area contributed by atoms with Crippen molar-refractivity contribution in [1.29, 1.82) is 0 Å². The van der Waals surface area contributed by atoms with Gasteiger partial charge in [0.2, 0.25) is 0 Å². The SMILES string of the molecule is CCCOCC1CCCC1C1CCCC1. The van der Waals surface area contributed by atoms with Gasteiger partial charge in [-0.3, -0.25) is 0 Å². The average molecular weight is 210 g/mol. The number of hydrogen-bond acceptors (Lipinski definition) is 1. The van der Waals surface area contributed by atoms with Crippen LogP contribution in [0, 0.1) is 17.8 Å². The number of hydrogen-bond donors (Lipinski definition) is 0. The highest BCUT2D eigenvalue weighted by Gasteiger charge is 2.34. The van der Waals surface area contributed by atoms with Gasteiger partial charge in [-0.1, -0.05) is 39.0 Å². The standard InChI is InChI=1S/C14H26O/c1-2-10-15-11-13-8-5-9-14(13)12-6-3-4-7-12/h12-14H,2-11H2,1H3. The maximum atomic E-state index is 5.76. The van der Waals surface area contributed by atoms with E-state index in [1.165, 1.54) is 51.4 Å². The lowest BCUT2D eigenvalue weighted by molar-refractivity contribution is 0.0738. The van der Waals surface area contributed by atoms with Crippen LogP contribution in [0.25, 0.3) is 0 Å². The molecule has 0 heterocycles. The Morgan fingerprint density at radius 1 is 1.00 bits per heavy atom. The van der Waals surface area contributed by atoms with Crippen molar-refractivity contribution < 1.29 is 4.74 Å². The molecule has 15 heavy (non-hydrogen) atoms. The van der Waals surface area contributed by atoms with Crippen molar-refractivity contribution in [2.75, 3.05) is 13.2 Å². The highest BCUT2D eigenvalue weighted by atomic mass is 16.5. The minimum atomic E-state index is 0.902. The van der Waals surface area contributed by atoms with E-state index in [-0.39, 0.29) is 0 Å². The summed E-state index contributed by atoms with van der Waals surface area (Å²) in [6.07, 6.45) is 11.6. The molecule has 0 aliphatic heterocycles. The van der Waals surface area contributed by atoms with Gasteiger partial charge in [-0.25, -0.2) is 0 Å². The Morgan fingerprint density at radius 2 is 1.80 bits per heavy atom. The highest BCUT2D eigenvalue weighted by molar-refractivity contribution is 4.85. The van der Waals surface area contributed by atoms with E-state index < -0.39 is 0 Å². The van der Waals surface area contributed by atoms with E-state index in [4.69, 9.17) is 4.74 Å². The fraction of sp³-hybridized carbons (Fsp3) is 1.00. The molecule has 2 aliphatic rings. The van der Waals surface area contributed by atoms with E-state index in [2.05, 4.69) is 6.92 Å². The summed E-state index contributed by atoms with van der Waals surface area (Å²) in [4.78, 5) is 0. The van der Waals surface area contributed by atoms with Crippen molar-refractivity contribution in [1.82, 2.24) is 0 Å². The molecule has 2 atom stereocenters. The van der Waals surface area contributed by atoms with Crippen LogP contribution in [-0.2, 0) is 4.74 Å². The summed E-state index contributed by atoms with van der Waals surface area (Å²) in [7, 11) is 0. The van der Waals surface area contributed by atoms with Gasteiger partial charge in [0.05, 0.1) is 0 Å². The molecule has 2 aliphatic carbocycles. The van der Waals surface area contributed by atoms with Gasteiger partial charge in [0.25, 0.3) is 0 Å². The molecule has 1 nitrogen and oxygen atoms in total. The average Bonchev–Trinajstić information content (AvgIpc) is 2.87. The smallest absolute Gasteiger partial charge is 0.0497 e.